The minimum absolute atomic E-state index is 0.0364. The van der Waals surface area contributed by atoms with Gasteiger partial charge in [0.25, 0.3) is 17.7 Å². The molecule has 37 heavy (non-hydrogen) atoms. The van der Waals surface area contributed by atoms with Gasteiger partial charge in [-0.2, -0.15) is 0 Å². The standard InChI is InChI=1S/C29H29N3O5/c1-18(2)13-26(33)31-21-8-6-7-19(14-21)16-30-27(34)24-15-20(11-12-25(24)37-3)17-32-28(35)22-9-4-5-10-23(22)29(32)36/h4-12,14-15,18H,13,16-17H2,1-3H3,(H,30,34)(H,31,33). The van der Waals surface area contributed by atoms with E-state index in [0.29, 0.717) is 34.5 Å². The highest BCUT2D eigenvalue weighted by Gasteiger charge is 2.35. The van der Waals surface area contributed by atoms with E-state index in [1.54, 1.807) is 48.5 Å². The lowest BCUT2D eigenvalue weighted by Gasteiger charge is -2.16. The van der Waals surface area contributed by atoms with Gasteiger partial charge in [0.2, 0.25) is 5.91 Å². The SMILES string of the molecule is COc1ccc(CN2C(=O)c3ccccc3C2=O)cc1C(=O)NCc1cccc(NC(=O)CC(C)C)c1. The predicted octanol–water partition coefficient (Wildman–Crippen LogP) is 4.41. The summed E-state index contributed by atoms with van der Waals surface area (Å²) in [6, 6.07) is 19.0. The maximum Gasteiger partial charge on any atom is 0.261 e. The number of nitrogens with one attached hydrogen (secondary N) is 2. The quantitative estimate of drug-likeness (QED) is 0.425. The van der Waals surface area contributed by atoms with E-state index >= 15 is 0 Å². The Balaban J connectivity index is 1.45. The van der Waals surface area contributed by atoms with E-state index in [1.165, 1.54) is 12.0 Å². The number of hydrogen-bond donors (Lipinski definition) is 2. The largest absolute Gasteiger partial charge is 0.496 e. The first-order valence-corrected chi connectivity index (χ1v) is 12.1. The lowest BCUT2D eigenvalue weighted by atomic mass is 10.1. The van der Waals surface area contributed by atoms with Crippen LogP contribution in [0.3, 0.4) is 0 Å². The van der Waals surface area contributed by atoms with Crippen molar-refractivity contribution in [2.75, 3.05) is 12.4 Å². The van der Waals surface area contributed by atoms with E-state index < -0.39 is 0 Å². The van der Waals surface area contributed by atoms with Gasteiger partial charge < -0.3 is 15.4 Å². The third-order valence-electron chi connectivity index (χ3n) is 5.98. The van der Waals surface area contributed by atoms with E-state index in [0.717, 1.165) is 5.56 Å². The Morgan fingerprint density at radius 3 is 2.24 bits per heavy atom. The molecule has 3 aromatic carbocycles. The van der Waals surface area contributed by atoms with Crippen molar-refractivity contribution in [3.05, 3.63) is 94.5 Å². The molecule has 8 heteroatoms. The van der Waals surface area contributed by atoms with Gasteiger partial charge in [0.15, 0.2) is 0 Å². The summed E-state index contributed by atoms with van der Waals surface area (Å²) in [4.78, 5) is 51.8. The molecule has 1 aliphatic heterocycles. The van der Waals surface area contributed by atoms with Gasteiger partial charge in [-0.1, -0.05) is 44.2 Å². The van der Waals surface area contributed by atoms with Crippen molar-refractivity contribution >= 4 is 29.3 Å². The third-order valence-corrected chi connectivity index (χ3v) is 5.98. The predicted molar refractivity (Wildman–Crippen MR) is 139 cm³/mol. The van der Waals surface area contributed by atoms with Crippen LogP contribution in [0.5, 0.6) is 5.75 Å². The first kappa shape index (κ1) is 25.6. The van der Waals surface area contributed by atoms with Crippen LogP contribution in [0, 0.1) is 5.92 Å². The lowest BCUT2D eigenvalue weighted by molar-refractivity contribution is -0.116. The van der Waals surface area contributed by atoms with E-state index in [-0.39, 0.29) is 48.2 Å². The van der Waals surface area contributed by atoms with E-state index in [4.69, 9.17) is 4.74 Å². The van der Waals surface area contributed by atoms with Gasteiger partial charge in [0.1, 0.15) is 5.75 Å². The summed E-state index contributed by atoms with van der Waals surface area (Å²) in [6.07, 6.45) is 0.428. The first-order valence-electron chi connectivity index (χ1n) is 12.1. The highest BCUT2D eigenvalue weighted by atomic mass is 16.5. The van der Waals surface area contributed by atoms with Crippen molar-refractivity contribution < 1.29 is 23.9 Å². The van der Waals surface area contributed by atoms with Gasteiger partial charge in [-0.3, -0.25) is 24.1 Å². The molecule has 8 nitrogen and oxygen atoms in total. The van der Waals surface area contributed by atoms with Crippen LogP contribution in [0.4, 0.5) is 5.69 Å². The van der Waals surface area contributed by atoms with Crippen molar-refractivity contribution in [1.29, 1.82) is 0 Å². The Morgan fingerprint density at radius 1 is 0.892 bits per heavy atom. The highest BCUT2D eigenvalue weighted by Crippen LogP contribution is 2.26. The van der Waals surface area contributed by atoms with Gasteiger partial charge in [-0.05, 0) is 53.4 Å². The van der Waals surface area contributed by atoms with Gasteiger partial charge in [0.05, 0.1) is 30.3 Å². The topological polar surface area (TPSA) is 105 Å². The third kappa shape index (κ3) is 5.86. The molecule has 0 saturated carbocycles. The van der Waals surface area contributed by atoms with Crippen LogP contribution in [0.15, 0.2) is 66.7 Å². The van der Waals surface area contributed by atoms with Crippen LogP contribution in [-0.2, 0) is 17.9 Å². The fourth-order valence-electron chi connectivity index (χ4n) is 4.22. The second-order valence-electron chi connectivity index (χ2n) is 9.31. The molecule has 0 saturated heterocycles. The molecule has 3 aromatic rings. The molecule has 0 spiro atoms. The minimum atomic E-state index is -0.365. The summed E-state index contributed by atoms with van der Waals surface area (Å²) < 4.78 is 5.38. The van der Waals surface area contributed by atoms with Gasteiger partial charge >= 0.3 is 0 Å². The molecule has 0 aromatic heterocycles. The molecule has 0 atom stereocenters. The Hall–Kier alpha value is -4.46. The van der Waals surface area contributed by atoms with Crippen molar-refractivity contribution in [3.8, 4) is 5.75 Å². The van der Waals surface area contributed by atoms with Crippen molar-refractivity contribution in [1.82, 2.24) is 10.2 Å². The molecule has 190 valence electrons. The normalized spacial score (nSPS) is 12.5. The second kappa shape index (κ2) is 11.1. The number of fused-ring (bicyclic) bond motifs is 1. The maximum atomic E-state index is 13.1. The number of imide groups is 1. The number of hydrogen-bond acceptors (Lipinski definition) is 5. The number of methoxy groups -OCH3 is 1. The summed E-state index contributed by atoms with van der Waals surface area (Å²) in [5, 5.41) is 5.75. The molecule has 4 rings (SSSR count). The molecule has 0 bridgehead atoms. The van der Waals surface area contributed by atoms with Crippen molar-refractivity contribution in [2.45, 2.75) is 33.4 Å². The average molecular weight is 500 g/mol. The molecule has 0 aliphatic carbocycles. The Kier molecular flexibility index (Phi) is 7.67. The number of rotatable bonds is 9. The number of carbonyl (C=O) groups is 4. The Morgan fingerprint density at radius 2 is 1.59 bits per heavy atom. The van der Waals surface area contributed by atoms with Gasteiger partial charge in [-0.15, -0.1) is 0 Å². The number of nitrogens with zero attached hydrogens (tertiary/aromatic N) is 1. The number of benzene rings is 3. The molecule has 0 unspecified atom stereocenters. The highest BCUT2D eigenvalue weighted by molar-refractivity contribution is 6.21. The van der Waals surface area contributed by atoms with Gasteiger partial charge in [0, 0.05) is 18.7 Å². The van der Waals surface area contributed by atoms with Crippen molar-refractivity contribution in [2.24, 2.45) is 5.92 Å². The zero-order chi connectivity index (χ0) is 26.5. The molecule has 1 aliphatic rings. The first-order chi connectivity index (χ1) is 17.8. The molecular formula is C29H29N3O5. The van der Waals surface area contributed by atoms with E-state index in [2.05, 4.69) is 10.6 Å². The zero-order valence-corrected chi connectivity index (χ0v) is 21.0. The minimum Gasteiger partial charge on any atom is -0.496 e. The molecule has 2 N–H and O–H groups in total. The van der Waals surface area contributed by atoms with Crippen LogP contribution >= 0.6 is 0 Å². The molecule has 1 heterocycles. The van der Waals surface area contributed by atoms with Crippen LogP contribution in [0.25, 0.3) is 0 Å². The van der Waals surface area contributed by atoms with Gasteiger partial charge in [-0.25, -0.2) is 0 Å². The molecular weight excluding hydrogens is 470 g/mol. The number of anilines is 1. The number of carbonyl (C=O) groups excluding carboxylic acids is 4. The molecule has 0 fully saturated rings. The average Bonchev–Trinajstić information content (AvgIpc) is 3.12. The summed E-state index contributed by atoms with van der Waals surface area (Å²) >= 11 is 0. The van der Waals surface area contributed by atoms with Crippen LogP contribution < -0.4 is 15.4 Å². The van der Waals surface area contributed by atoms with E-state index in [1.807, 2.05) is 32.0 Å². The smallest absolute Gasteiger partial charge is 0.261 e. The van der Waals surface area contributed by atoms with E-state index in [9.17, 15) is 19.2 Å². The second-order valence-corrected chi connectivity index (χ2v) is 9.31. The van der Waals surface area contributed by atoms with Crippen LogP contribution in [0.2, 0.25) is 0 Å². The van der Waals surface area contributed by atoms with Crippen LogP contribution in [-0.4, -0.2) is 35.6 Å². The van der Waals surface area contributed by atoms with Crippen LogP contribution in [0.1, 0.15) is 62.5 Å². The summed E-state index contributed by atoms with van der Waals surface area (Å²) in [5.41, 5.74) is 3.14. The summed E-state index contributed by atoms with van der Waals surface area (Å²) in [5.74, 6) is -0.514. The molecule has 4 amide bonds. The Labute approximate surface area is 215 Å². The van der Waals surface area contributed by atoms with Crippen molar-refractivity contribution in [3.63, 3.8) is 0 Å². The number of amides is 4. The number of ether oxygens (including phenoxy) is 1. The lowest BCUT2D eigenvalue weighted by Crippen LogP contribution is -2.29. The maximum absolute atomic E-state index is 13.1. The Bertz CT molecular complexity index is 1330. The fraction of sp³-hybridized carbons (Fsp3) is 0.241. The zero-order valence-electron chi connectivity index (χ0n) is 21.0. The monoisotopic (exact) mass is 499 g/mol. The fourth-order valence-corrected chi connectivity index (χ4v) is 4.22. The summed E-state index contributed by atoms with van der Waals surface area (Å²) in [6.45, 7) is 4.23. The summed E-state index contributed by atoms with van der Waals surface area (Å²) in [7, 11) is 1.47. The molecule has 0 radical (unpaired) electrons.